The van der Waals surface area contributed by atoms with Crippen molar-refractivity contribution in [2.24, 2.45) is 22.6 Å². The van der Waals surface area contributed by atoms with Crippen LogP contribution in [0.15, 0.2) is 17.1 Å². The van der Waals surface area contributed by atoms with Gasteiger partial charge in [-0.2, -0.15) is 0 Å². The summed E-state index contributed by atoms with van der Waals surface area (Å²) in [4.78, 5) is 19.8. The molecule has 0 aromatic rings. The first-order valence-corrected chi connectivity index (χ1v) is 20.1. The Kier molecular flexibility index (Phi) is 8.85. The summed E-state index contributed by atoms with van der Waals surface area (Å²) in [7, 11) is 1.66. The fourth-order valence-electron chi connectivity index (χ4n) is 11.8. The number of hydrogen-bond donors (Lipinski definition) is 2. The molecule has 0 saturated carbocycles. The van der Waals surface area contributed by atoms with Gasteiger partial charge in [0, 0.05) is 63.8 Å². The SMILES string of the molecule is C=C1C[C@@H]2CC[C@@]34C[C@H]5O[C@@H]6C(O[C@H]7CC[C@@H]8CC(=O)C[C@@H]9[C@@H](OC)[C@@H](C[C@H](O)CN)O[C@H]9C[C@H]9O[C@@H](CC[C@@H]1O2)C[C@@H](C)C9=N[C@@]7(O8)[C@@H]6O3)[C@H]5O4. The van der Waals surface area contributed by atoms with Crippen LogP contribution in [0, 0.1) is 11.8 Å². The van der Waals surface area contributed by atoms with Crippen molar-refractivity contribution < 1.29 is 52.5 Å². The molecule has 1 unspecified atom stereocenters. The monoisotopic (exact) mass is 728 g/mol. The molecule has 12 aliphatic heterocycles. The number of methoxy groups -OCH3 is 1. The Hall–Kier alpha value is -1.36. The van der Waals surface area contributed by atoms with Crippen LogP contribution in [0.3, 0.4) is 0 Å². The molecule has 13 nitrogen and oxygen atoms in total. The molecule has 0 aromatic carbocycles. The molecule has 52 heavy (non-hydrogen) atoms. The van der Waals surface area contributed by atoms with Crippen molar-refractivity contribution in [2.75, 3.05) is 13.7 Å². The molecular weight excluding hydrogens is 672 g/mol. The summed E-state index contributed by atoms with van der Waals surface area (Å²) in [5.74, 6) is -0.949. The van der Waals surface area contributed by atoms with Gasteiger partial charge in [-0.3, -0.25) is 9.79 Å². The molecule has 13 heteroatoms. The zero-order valence-electron chi connectivity index (χ0n) is 30.5. The van der Waals surface area contributed by atoms with Crippen molar-refractivity contribution in [1.82, 2.24) is 0 Å². The summed E-state index contributed by atoms with van der Waals surface area (Å²) in [6, 6.07) is 0. The van der Waals surface area contributed by atoms with Crippen molar-refractivity contribution in [2.45, 2.75) is 193 Å². The lowest BCUT2D eigenvalue weighted by Crippen LogP contribution is -2.70. The predicted molar refractivity (Wildman–Crippen MR) is 184 cm³/mol. The van der Waals surface area contributed by atoms with Gasteiger partial charge in [-0.1, -0.05) is 13.5 Å². The smallest absolute Gasteiger partial charge is 0.214 e. The van der Waals surface area contributed by atoms with Gasteiger partial charge < -0.3 is 53.5 Å². The molecular formula is C39H56N2O11. The number of aliphatic hydroxyl groups excluding tert-OH is 1. The third kappa shape index (κ3) is 5.66. The van der Waals surface area contributed by atoms with E-state index in [4.69, 9.17) is 53.4 Å². The van der Waals surface area contributed by atoms with Crippen molar-refractivity contribution >= 4 is 11.5 Å². The van der Waals surface area contributed by atoms with Gasteiger partial charge in [0.25, 0.3) is 0 Å². The standard InChI is InChI=1S/C39H56N2O11/c1-18-10-23-8-9-38-16-30-34(51-38)35-36(48-30)37(52-38)39-31(49-35)7-5-24(50-39)12-20(42)13-25-27(47-29(33(25)44-3)14-21(43)17-40)15-28-32(41-39)19(2)11-22(46-28)4-6-26(18)45-23/h19,21-31,33-37,43H,1,4-17,40H2,2-3H3/t19-,21+,22+,23+,24-,25+,26+,27+,28-,29-,30-,31+,33-,34+,35?,36-,37-,38+,39+/m1/s1. The lowest BCUT2D eigenvalue weighted by molar-refractivity contribution is -0.330. The zero-order valence-corrected chi connectivity index (χ0v) is 30.5. The van der Waals surface area contributed by atoms with Crippen LogP contribution in [0.4, 0.5) is 0 Å². The lowest BCUT2D eigenvalue weighted by Gasteiger charge is -2.54. The van der Waals surface area contributed by atoms with Crippen LogP contribution >= 0.6 is 0 Å². The Bertz CT molecular complexity index is 1460. The Balaban J connectivity index is 1.09. The third-order valence-corrected chi connectivity index (χ3v) is 14.2. The molecule has 3 N–H and O–H groups in total. The summed E-state index contributed by atoms with van der Waals surface area (Å²) in [5, 5.41) is 10.6. The molecule has 13 bridgehead atoms. The second-order valence-electron chi connectivity index (χ2n) is 17.6. The van der Waals surface area contributed by atoms with E-state index in [1.54, 1.807) is 7.11 Å². The first-order valence-electron chi connectivity index (χ1n) is 20.1. The Morgan fingerprint density at radius 1 is 0.904 bits per heavy atom. The van der Waals surface area contributed by atoms with Gasteiger partial charge in [0.05, 0.1) is 61.0 Å². The molecule has 0 amide bonds. The minimum atomic E-state index is -1.25. The number of fused-ring (bicyclic) bond motifs is 5. The predicted octanol–water partition coefficient (Wildman–Crippen LogP) is 2.66. The number of aliphatic imine (C=N–C) groups is 1. The summed E-state index contributed by atoms with van der Waals surface area (Å²) in [6.45, 7) is 6.79. The normalized spacial score (nSPS) is 54.3. The maximum absolute atomic E-state index is 14.1. The van der Waals surface area contributed by atoms with E-state index >= 15 is 0 Å². The highest BCUT2D eigenvalue weighted by Gasteiger charge is 2.73. The highest BCUT2D eigenvalue weighted by atomic mass is 16.8. The minimum absolute atomic E-state index is 0.0147. The summed E-state index contributed by atoms with van der Waals surface area (Å²) in [6.07, 6.45) is 3.31. The van der Waals surface area contributed by atoms with Crippen LogP contribution in [-0.4, -0.2) is 133 Å². The van der Waals surface area contributed by atoms with Gasteiger partial charge >= 0.3 is 0 Å². The van der Waals surface area contributed by atoms with Crippen LogP contribution in [0.25, 0.3) is 0 Å². The molecule has 9 fully saturated rings. The molecule has 0 radical (unpaired) electrons. The lowest BCUT2D eigenvalue weighted by atomic mass is 9.79. The average Bonchev–Trinajstić information content (AvgIpc) is 3.78. The molecule has 9 saturated heterocycles. The number of nitrogens with zero attached hydrogens (tertiary/aromatic N) is 1. The first-order chi connectivity index (χ1) is 25.1. The van der Waals surface area contributed by atoms with Crippen LogP contribution in [0.5, 0.6) is 0 Å². The summed E-state index contributed by atoms with van der Waals surface area (Å²) in [5.41, 5.74) is 6.64. The molecule has 288 valence electrons. The molecule has 19 atom stereocenters. The first kappa shape index (κ1) is 35.1. The summed E-state index contributed by atoms with van der Waals surface area (Å²) >= 11 is 0. The van der Waals surface area contributed by atoms with E-state index in [2.05, 4.69) is 13.5 Å². The zero-order chi connectivity index (χ0) is 35.5. The number of nitrogens with two attached hydrogens (primary N) is 1. The van der Waals surface area contributed by atoms with E-state index in [-0.39, 0.29) is 91.9 Å². The van der Waals surface area contributed by atoms with E-state index in [0.29, 0.717) is 38.5 Å². The van der Waals surface area contributed by atoms with E-state index in [1.165, 1.54) is 0 Å². The number of hydrogen-bond acceptors (Lipinski definition) is 13. The number of carbonyl (C=O) groups excluding carboxylic acids is 1. The molecule has 0 aromatic heterocycles. The number of Topliss-reactive ketones (excluding diaryl/α,β-unsaturated/α-hetero) is 1. The molecule has 0 aliphatic carbocycles. The highest BCUT2D eigenvalue weighted by Crippen LogP contribution is 2.58. The Morgan fingerprint density at radius 2 is 1.75 bits per heavy atom. The van der Waals surface area contributed by atoms with Crippen LogP contribution in [0.2, 0.25) is 0 Å². The maximum Gasteiger partial charge on any atom is 0.214 e. The van der Waals surface area contributed by atoms with Gasteiger partial charge in [0.1, 0.15) is 36.3 Å². The number of carbonyl (C=O) groups is 1. The molecule has 2 spiro atoms. The summed E-state index contributed by atoms with van der Waals surface area (Å²) < 4.78 is 61.8. The van der Waals surface area contributed by atoms with Gasteiger partial charge in [-0.25, -0.2) is 0 Å². The maximum atomic E-state index is 14.1. The van der Waals surface area contributed by atoms with Gasteiger partial charge in [-0.15, -0.1) is 0 Å². The van der Waals surface area contributed by atoms with Crippen LogP contribution < -0.4 is 5.73 Å². The van der Waals surface area contributed by atoms with Gasteiger partial charge in [-0.05, 0) is 56.4 Å². The van der Waals surface area contributed by atoms with E-state index in [1.807, 2.05) is 0 Å². The molecule has 12 heterocycles. The average molecular weight is 729 g/mol. The quantitative estimate of drug-likeness (QED) is 0.409. The third-order valence-electron chi connectivity index (χ3n) is 14.2. The van der Waals surface area contributed by atoms with Crippen molar-refractivity contribution in [3.63, 3.8) is 0 Å². The van der Waals surface area contributed by atoms with Gasteiger partial charge in [0.2, 0.25) is 5.72 Å². The molecule has 12 aliphatic rings. The Morgan fingerprint density at radius 3 is 2.60 bits per heavy atom. The van der Waals surface area contributed by atoms with Crippen molar-refractivity contribution in [3.8, 4) is 0 Å². The minimum Gasteiger partial charge on any atom is -0.392 e. The van der Waals surface area contributed by atoms with Crippen LogP contribution in [-0.2, 0) is 47.4 Å². The number of ether oxygens (including phenoxy) is 9. The van der Waals surface area contributed by atoms with Gasteiger partial charge in [0.15, 0.2) is 5.79 Å². The fraction of sp³-hybridized carbons (Fsp3) is 0.897. The number of aliphatic hydroxyl groups is 1. The second kappa shape index (κ2) is 13.1. The van der Waals surface area contributed by atoms with E-state index in [0.717, 1.165) is 43.4 Å². The Labute approximate surface area is 305 Å². The van der Waals surface area contributed by atoms with Crippen molar-refractivity contribution in [3.05, 3.63) is 12.2 Å². The largest absolute Gasteiger partial charge is 0.392 e. The van der Waals surface area contributed by atoms with Crippen molar-refractivity contribution in [1.29, 1.82) is 0 Å². The molecule has 12 rings (SSSR count). The fourth-order valence-corrected chi connectivity index (χ4v) is 11.8. The number of rotatable bonds is 4. The van der Waals surface area contributed by atoms with Crippen LogP contribution in [0.1, 0.15) is 90.4 Å². The van der Waals surface area contributed by atoms with E-state index < -0.39 is 48.1 Å². The number of ketones is 1. The van der Waals surface area contributed by atoms with E-state index in [9.17, 15) is 9.90 Å². The second-order valence-corrected chi connectivity index (χ2v) is 17.6. The topological polar surface area (TPSA) is 159 Å². The highest BCUT2D eigenvalue weighted by molar-refractivity contribution is 5.92.